The molecule has 0 saturated carbocycles. The van der Waals surface area contributed by atoms with E-state index >= 15 is 0 Å². The predicted octanol–water partition coefficient (Wildman–Crippen LogP) is 3.02. The molecule has 6 heteroatoms. The van der Waals surface area contributed by atoms with Crippen molar-refractivity contribution >= 4 is 11.7 Å². The van der Waals surface area contributed by atoms with E-state index in [0.717, 1.165) is 17.7 Å². The molecule has 1 aromatic carbocycles. The molecule has 24 heavy (non-hydrogen) atoms. The monoisotopic (exact) mass is 323 g/mol. The number of aromatic nitrogens is 4. The molecule has 0 saturated heterocycles. The van der Waals surface area contributed by atoms with Gasteiger partial charge in [0.15, 0.2) is 0 Å². The first-order valence-electron chi connectivity index (χ1n) is 7.98. The molecule has 0 bridgehead atoms. The van der Waals surface area contributed by atoms with Gasteiger partial charge in [0.2, 0.25) is 0 Å². The Morgan fingerprint density at radius 3 is 2.75 bits per heavy atom. The van der Waals surface area contributed by atoms with Gasteiger partial charge in [-0.2, -0.15) is 10.2 Å². The molecule has 0 radical (unpaired) electrons. The summed E-state index contributed by atoms with van der Waals surface area (Å²) in [5.41, 5.74) is 3.82. The van der Waals surface area contributed by atoms with Crippen LogP contribution in [0.3, 0.4) is 0 Å². The minimum absolute atomic E-state index is 0.177. The van der Waals surface area contributed by atoms with Gasteiger partial charge in [-0.25, -0.2) is 4.68 Å². The van der Waals surface area contributed by atoms with E-state index in [1.807, 2.05) is 24.6 Å². The summed E-state index contributed by atoms with van der Waals surface area (Å²) in [6.45, 7) is 7.32. The highest BCUT2D eigenvalue weighted by molar-refractivity contribution is 6.03. The maximum absolute atomic E-state index is 12.4. The molecule has 1 amide bonds. The SMILES string of the molecule is CCn1cc(C(=O)Nc2c(C)cnn2Cc2cccc(C)c2)cn1. The number of aryl methyl sites for hydroxylation is 3. The highest BCUT2D eigenvalue weighted by atomic mass is 16.1. The van der Waals surface area contributed by atoms with Gasteiger partial charge in [0.05, 0.1) is 24.5 Å². The van der Waals surface area contributed by atoms with E-state index < -0.39 is 0 Å². The third kappa shape index (κ3) is 3.37. The standard InChI is InChI=1S/C18H21N5O/c1-4-22-12-16(10-19-22)18(24)21-17-14(3)9-20-23(17)11-15-7-5-6-13(2)8-15/h5-10,12H,4,11H2,1-3H3,(H,21,24). The van der Waals surface area contributed by atoms with Gasteiger partial charge in [-0.1, -0.05) is 29.8 Å². The van der Waals surface area contributed by atoms with Crippen LogP contribution in [0.5, 0.6) is 0 Å². The van der Waals surface area contributed by atoms with Crippen molar-refractivity contribution in [3.8, 4) is 0 Å². The van der Waals surface area contributed by atoms with Crippen molar-refractivity contribution in [3.05, 3.63) is 65.1 Å². The van der Waals surface area contributed by atoms with E-state index in [0.29, 0.717) is 17.9 Å². The van der Waals surface area contributed by atoms with Gasteiger partial charge in [0, 0.05) is 18.3 Å². The van der Waals surface area contributed by atoms with Gasteiger partial charge in [-0.15, -0.1) is 0 Å². The number of hydrogen-bond donors (Lipinski definition) is 1. The first-order valence-corrected chi connectivity index (χ1v) is 7.98. The molecule has 0 aliphatic carbocycles. The Morgan fingerprint density at radius 2 is 2.04 bits per heavy atom. The quantitative estimate of drug-likeness (QED) is 0.785. The number of benzene rings is 1. The summed E-state index contributed by atoms with van der Waals surface area (Å²) < 4.78 is 3.54. The van der Waals surface area contributed by atoms with Crippen LogP contribution in [0.1, 0.15) is 34.0 Å². The van der Waals surface area contributed by atoms with Crippen LogP contribution in [0.25, 0.3) is 0 Å². The van der Waals surface area contributed by atoms with Gasteiger partial charge in [0.25, 0.3) is 5.91 Å². The molecule has 2 heterocycles. The number of rotatable bonds is 5. The molecule has 3 rings (SSSR count). The highest BCUT2D eigenvalue weighted by Crippen LogP contribution is 2.17. The van der Waals surface area contributed by atoms with Crippen LogP contribution in [0.4, 0.5) is 5.82 Å². The molecule has 0 spiro atoms. The lowest BCUT2D eigenvalue weighted by Crippen LogP contribution is -2.16. The normalized spacial score (nSPS) is 10.8. The Balaban J connectivity index is 1.81. The van der Waals surface area contributed by atoms with Gasteiger partial charge < -0.3 is 5.32 Å². The fourth-order valence-corrected chi connectivity index (χ4v) is 2.58. The Hall–Kier alpha value is -2.89. The van der Waals surface area contributed by atoms with Crippen LogP contribution >= 0.6 is 0 Å². The molecule has 0 aliphatic rings. The summed E-state index contributed by atoms with van der Waals surface area (Å²) in [5, 5.41) is 11.5. The molecule has 124 valence electrons. The van der Waals surface area contributed by atoms with Crippen molar-refractivity contribution in [3.63, 3.8) is 0 Å². The number of carbonyl (C=O) groups excluding carboxylic acids is 1. The zero-order valence-corrected chi connectivity index (χ0v) is 14.2. The number of nitrogens with one attached hydrogen (secondary N) is 1. The second kappa shape index (κ2) is 6.70. The average Bonchev–Trinajstić information content (AvgIpc) is 3.17. The summed E-state index contributed by atoms with van der Waals surface area (Å²) in [6, 6.07) is 8.26. The van der Waals surface area contributed by atoms with Crippen molar-refractivity contribution < 1.29 is 4.79 Å². The fraction of sp³-hybridized carbons (Fsp3) is 0.278. The van der Waals surface area contributed by atoms with Crippen LogP contribution in [-0.2, 0) is 13.1 Å². The molecule has 0 fully saturated rings. The van der Waals surface area contributed by atoms with E-state index in [-0.39, 0.29) is 5.91 Å². The van der Waals surface area contributed by atoms with Gasteiger partial charge in [0.1, 0.15) is 5.82 Å². The fourth-order valence-electron chi connectivity index (χ4n) is 2.58. The maximum Gasteiger partial charge on any atom is 0.260 e. The molecular weight excluding hydrogens is 302 g/mol. The minimum Gasteiger partial charge on any atom is -0.306 e. The maximum atomic E-state index is 12.4. The third-order valence-electron chi connectivity index (χ3n) is 3.89. The lowest BCUT2D eigenvalue weighted by molar-refractivity contribution is 0.102. The van der Waals surface area contributed by atoms with E-state index in [1.54, 1.807) is 23.3 Å². The lowest BCUT2D eigenvalue weighted by atomic mass is 10.1. The van der Waals surface area contributed by atoms with Crippen LogP contribution < -0.4 is 5.32 Å². The van der Waals surface area contributed by atoms with E-state index in [4.69, 9.17) is 0 Å². The van der Waals surface area contributed by atoms with Crippen LogP contribution in [0.15, 0.2) is 42.9 Å². The number of hydrogen-bond acceptors (Lipinski definition) is 3. The van der Waals surface area contributed by atoms with Gasteiger partial charge >= 0.3 is 0 Å². The summed E-state index contributed by atoms with van der Waals surface area (Å²) in [6.07, 6.45) is 5.09. The highest BCUT2D eigenvalue weighted by Gasteiger charge is 2.14. The Bertz CT molecular complexity index is 862. The summed E-state index contributed by atoms with van der Waals surface area (Å²) in [4.78, 5) is 12.4. The summed E-state index contributed by atoms with van der Waals surface area (Å²) in [7, 11) is 0. The smallest absolute Gasteiger partial charge is 0.260 e. The Morgan fingerprint density at radius 1 is 1.21 bits per heavy atom. The first-order chi connectivity index (χ1) is 11.6. The second-order valence-electron chi connectivity index (χ2n) is 5.86. The zero-order chi connectivity index (χ0) is 17.1. The summed E-state index contributed by atoms with van der Waals surface area (Å²) in [5.74, 6) is 0.537. The largest absolute Gasteiger partial charge is 0.306 e. The van der Waals surface area contributed by atoms with Crippen LogP contribution in [-0.4, -0.2) is 25.5 Å². The molecule has 6 nitrogen and oxygen atoms in total. The van der Waals surface area contributed by atoms with Crippen molar-refractivity contribution in [1.29, 1.82) is 0 Å². The first kappa shape index (κ1) is 16.0. The van der Waals surface area contributed by atoms with E-state index in [2.05, 4.69) is 40.6 Å². The van der Waals surface area contributed by atoms with Gasteiger partial charge in [-0.3, -0.25) is 9.48 Å². The lowest BCUT2D eigenvalue weighted by Gasteiger charge is -2.10. The van der Waals surface area contributed by atoms with E-state index in [9.17, 15) is 4.79 Å². The predicted molar refractivity (Wildman–Crippen MR) is 93.1 cm³/mol. The minimum atomic E-state index is -0.177. The molecular formula is C18H21N5O. The number of carbonyl (C=O) groups is 1. The molecule has 1 N–H and O–H groups in total. The van der Waals surface area contributed by atoms with Crippen LogP contribution in [0.2, 0.25) is 0 Å². The van der Waals surface area contributed by atoms with E-state index in [1.165, 1.54) is 5.56 Å². The molecule has 3 aromatic rings. The Labute approximate surface area is 141 Å². The topological polar surface area (TPSA) is 64.7 Å². The molecule has 0 aliphatic heterocycles. The zero-order valence-electron chi connectivity index (χ0n) is 14.2. The second-order valence-corrected chi connectivity index (χ2v) is 5.86. The average molecular weight is 323 g/mol. The van der Waals surface area contributed by atoms with Crippen molar-refractivity contribution in [2.24, 2.45) is 0 Å². The molecule has 0 atom stereocenters. The van der Waals surface area contributed by atoms with Crippen LogP contribution in [0, 0.1) is 13.8 Å². The molecule has 2 aromatic heterocycles. The Kier molecular flexibility index (Phi) is 4.46. The van der Waals surface area contributed by atoms with Crippen molar-refractivity contribution in [1.82, 2.24) is 19.6 Å². The van der Waals surface area contributed by atoms with Crippen molar-refractivity contribution in [2.45, 2.75) is 33.9 Å². The summed E-state index contributed by atoms with van der Waals surface area (Å²) >= 11 is 0. The van der Waals surface area contributed by atoms with Crippen molar-refractivity contribution in [2.75, 3.05) is 5.32 Å². The van der Waals surface area contributed by atoms with Gasteiger partial charge in [-0.05, 0) is 26.3 Å². The number of nitrogens with zero attached hydrogens (tertiary/aromatic N) is 4. The third-order valence-corrected chi connectivity index (χ3v) is 3.89. The number of amides is 1. The number of anilines is 1. The molecule has 0 unspecified atom stereocenters.